The van der Waals surface area contributed by atoms with Gasteiger partial charge in [-0.1, -0.05) is 55.0 Å². The quantitative estimate of drug-likeness (QED) is 0.518. The molecule has 6 heteroatoms. The first-order chi connectivity index (χ1) is 17.9. The first-order valence-electron chi connectivity index (χ1n) is 13.2. The fourth-order valence-corrected chi connectivity index (χ4v) is 6.01. The van der Waals surface area contributed by atoms with Crippen molar-refractivity contribution in [2.45, 2.75) is 64.2 Å². The van der Waals surface area contributed by atoms with Crippen LogP contribution in [-0.2, 0) is 21.6 Å². The lowest BCUT2D eigenvalue weighted by molar-refractivity contribution is -0.123. The van der Waals surface area contributed by atoms with E-state index in [1.54, 1.807) is 6.20 Å². The normalized spacial score (nSPS) is 20.0. The zero-order chi connectivity index (χ0) is 26.0. The molecule has 1 spiro atoms. The molecule has 5 rings (SSSR count). The van der Waals surface area contributed by atoms with Gasteiger partial charge in [-0.25, -0.2) is 0 Å². The highest BCUT2D eigenvalue weighted by Gasteiger charge is 2.54. The topological polar surface area (TPSA) is 71.5 Å². The maximum atomic E-state index is 13.5. The molecule has 1 aromatic heterocycles. The fraction of sp³-hybridized carbons (Fsp3) is 0.387. The molecule has 1 N–H and O–H groups in total. The van der Waals surface area contributed by atoms with Gasteiger partial charge in [-0.05, 0) is 61.1 Å². The second-order valence-electron chi connectivity index (χ2n) is 10.3. The smallest absolute Gasteiger partial charge is 0.254 e. The Bertz CT molecular complexity index is 1280. The van der Waals surface area contributed by atoms with Crippen LogP contribution in [0.5, 0.6) is 0 Å². The number of amides is 2. The van der Waals surface area contributed by atoms with Gasteiger partial charge in [0, 0.05) is 42.9 Å². The van der Waals surface area contributed by atoms with Gasteiger partial charge in [0.25, 0.3) is 5.91 Å². The van der Waals surface area contributed by atoms with E-state index in [1.165, 1.54) is 5.56 Å². The molecule has 37 heavy (non-hydrogen) atoms. The molecule has 192 valence electrons. The van der Waals surface area contributed by atoms with Crippen LogP contribution in [0, 0.1) is 13.8 Å². The minimum atomic E-state index is -0.289. The van der Waals surface area contributed by atoms with Crippen LogP contribution in [-0.4, -0.2) is 40.9 Å². The van der Waals surface area contributed by atoms with Gasteiger partial charge in [0.05, 0.1) is 18.8 Å². The number of nitrogens with one attached hydrogen (secondary N) is 1. The lowest BCUT2D eigenvalue weighted by Gasteiger charge is -2.44. The summed E-state index contributed by atoms with van der Waals surface area (Å²) < 4.78 is 6.68. The number of carbonyl (C=O) groups excluding carboxylic acids is 2. The van der Waals surface area contributed by atoms with Crippen LogP contribution >= 0.6 is 0 Å². The summed E-state index contributed by atoms with van der Waals surface area (Å²) in [5, 5.41) is 3.26. The third-order valence-corrected chi connectivity index (χ3v) is 8.04. The molecule has 0 saturated carbocycles. The Morgan fingerprint density at radius 1 is 1.08 bits per heavy atom. The van der Waals surface area contributed by atoms with Gasteiger partial charge >= 0.3 is 0 Å². The summed E-state index contributed by atoms with van der Waals surface area (Å²) in [7, 11) is 0. The van der Waals surface area contributed by atoms with Gasteiger partial charge in [0.2, 0.25) is 5.91 Å². The summed E-state index contributed by atoms with van der Waals surface area (Å²) in [5.41, 5.74) is 5.92. The Labute approximate surface area is 219 Å². The largest absolute Gasteiger partial charge is 0.370 e. The molecule has 3 aromatic rings. The number of piperidine rings is 1. The van der Waals surface area contributed by atoms with E-state index in [4.69, 9.17) is 4.74 Å². The molecule has 6 nitrogen and oxygen atoms in total. The molecular weight excluding hydrogens is 462 g/mol. The highest BCUT2D eigenvalue weighted by atomic mass is 16.5. The molecule has 0 radical (unpaired) electrons. The van der Waals surface area contributed by atoms with Crippen LogP contribution in [0.3, 0.4) is 0 Å². The molecule has 2 aromatic carbocycles. The number of carbonyl (C=O) groups is 2. The number of nitrogens with zero attached hydrogens (tertiary/aromatic N) is 2. The van der Waals surface area contributed by atoms with Gasteiger partial charge < -0.3 is 15.0 Å². The lowest BCUT2D eigenvalue weighted by Crippen LogP contribution is -2.52. The Hall–Kier alpha value is -3.51. The number of ether oxygens (including phenoxy) is 1. The van der Waals surface area contributed by atoms with Gasteiger partial charge in [-0.2, -0.15) is 0 Å². The first kappa shape index (κ1) is 25.2. The summed E-state index contributed by atoms with van der Waals surface area (Å²) in [6.45, 7) is 7.58. The standard InChI is InChI=1S/C31H35N3O3/c1-4-27(35)33-28-24-9-5-6-10-26(24)31(29(28)37-20-23-8-7-15-32-19-23)13-16-34(17-14-31)30(36)25-18-21(2)11-12-22(25)3/h5-12,15,18-19,28-29H,4,13-14,16-17,20H2,1-3H3,(H,33,35)/t28-,29+/m0/s1. The van der Waals surface area contributed by atoms with Crippen molar-refractivity contribution < 1.29 is 14.3 Å². The van der Waals surface area contributed by atoms with E-state index >= 15 is 0 Å². The van der Waals surface area contributed by atoms with Crippen molar-refractivity contribution in [3.63, 3.8) is 0 Å². The van der Waals surface area contributed by atoms with E-state index < -0.39 is 0 Å². The minimum Gasteiger partial charge on any atom is -0.370 e. The third-order valence-electron chi connectivity index (χ3n) is 8.04. The Morgan fingerprint density at radius 2 is 1.86 bits per heavy atom. The van der Waals surface area contributed by atoms with Crippen LogP contribution in [0.25, 0.3) is 0 Å². The Balaban J connectivity index is 1.45. The second-order valence-corrected chi connectivity index (χ2v) is 10.3. The monoisotopic (exact) mass is 497 g/mol. The van der Waals surface area contributed by atoms with E-state index in [0.717, 1.165) is 40.7 Å². The van der Waals surface area contributed by atoms with Crippen LogP contribution < -0.4 is 5.32 Å². The zero-order valence-corrected chi connectivity index (χ0v) is 21.9. The molecule has 1 aliphatic carbocycles. The van der Waals surface area contributed by atoms with Crippen molar-refractivity contribution in [1.82, 2.24) is 15.2 Å². The van der Waals surface area contributed by atoms with Crippen molar-refractivity contribution in [3.05, 3.63) is 100 Å². The highest BCUT2D eigenvalue weighted by molar-refractivity contribution is 5.96. The summed E-state index contributed by atoms with van der Waals surface area (Å²) in [6, 6.07) is 18.1. The van der Waals surface area contributed by atoms with Crippen molar-refractivity contribution in [2.24, 2.45) is 0 Å². The molecule has 1 aliphatic heterocycles. The molecule has 2 heterocycles. The maximum absolute atomic E-state index is 13.5. The van der Waals surface area contributed by atoms with E-state index in [1.807, 2.05) is 68.3 Å². The van der Waals surface area contributed by atoms with Crippen molar-refractivity contribution in [2.75, 3.05) is 13.1 Å². The van der Waals surface area contributed by atoms with Gasteiger partial charge in [-0.15, -0.1) is 0 Å². The fourth-order valence-electron chi connectivity index (χ4n) is 6.01. The van der Waals surface area contributed by atoms with Crippen molar-refractivity contribution >= 4 is 11.8 Å². The Kier molecular flexibility index (Phi) is 7.11. The van der Waals surface area contributed by atoms with Crippen molar-refractivity contribution in [3.8, 4) is 0 Å². The first-order valence-corrected chi connectivity index (χ1v) is 13.2. The van der Waals surface area contributed by atoms with E-state index in [2.05, 4.69) is 28.5 Å². The number of rotatable bonds is 6. The van der Waals surface area contributed by atoms with E-state index in [0.29, 0.717) is 26.1 Å². The number of pyridine rings is 1. The summed E-state index contributed by atoms with van der Waals surface area (Å²) in [4.78, 5) is 32.3. The highest BCUT2D eigenvalue weighted by Crippen LogP contribution is 2.52. The maximum Gasteiger partial charge on any atom is 0.254 e. The molecule has 2 atom stereocenters. The summed E-state index contributed by atoms with van der Waals surface area (Å²) >= 11 is 0. The van der Waals surface area contributed by atoms with E-state index in [9.17, 15) is 9.59 Å². The van der Waals surface area contributed by atoms with E-state index in [-0.39, 0.29) is 29.4 Å². The molecule has 0 bridgehead atoms. The predicted octanol–water partition coefficient (Wildman–Crippen LogP) is 5.04. The lowest BCUT2D eigenvalue weighted by atomic mass is 9.71. The van der Waals surface area contributed by atoms with Crippen LogP contribution in [0.1, 0.15) is 70.4 Å². The third kappa shape index (κ3) is 4.78. The molecule has 2 amide bonds. The minimum absolute atomic E-state index is 0.00867. The number of aromatic nitrogens is 1. The average molecular weight is 498 g/mol. The number of hydrogen-bond donors (Lipinski definition) is 1. The molecule has 1 saturated heterocycles. The molecule has 1 fully saturated rings. The van der Waals surface area contributed by atoms with Crippen LogP contribution in [0.15, 0.2) is 67.0 Å². The second kappa shape index (κ2) is 10.5. The van der Waals surface area contributed by atoms with Crippen LogP contribution in [0.4, 0.5) is 0 Å². The average Bonchev–Trinajstić information content (AvgIpc) is 3.17. The molecule has 2 aliphatic rings. The van der Waals surface area contributed by atoms with Crippen LogP contribution in [0.2, 0.25) is 0 Å². The predicted molar refractivity (Wildman–Crippen MR) is 143 cm³/mol. The number of likely N-dealkylation sites (tertiary alicyclic amines) is 1. The number of fused-ring (bicyclic) bond motifs is 2. The number of benzene rings is 2. The van der Waals surface area contributed by atoms with Crippen molar-refractivity contribution in [1.29, 1.82) is 0 Å². The SMILES string of the molecule is CCC(=O)N[C@H]1c2ccccc2C2(CCN(C(=O)c3cc(C)ccc3C)CC2)[C@@H]1OCc1cccnc1. The summed E-state index contributed by atoms with van der Waals surface area (Å²) in [5.74, 6) is 0.0976. The molecular formula is C31H35N3O3. The molecule has 0 unspecified atom stereocenters. The zero-order valence-electron chi connectivity index (χ0n) is 21.9. The van der Waals surface area contributed by atoms with Gasteiger partial charge in [0.1, 0.15) is 0 Å². The van der Waals surface area contributed by atoms with Gasteiger partial charge in [0.15, 0.2) is 0 Å². The summed E-state index contributed by atoms with van der Waals surface area (Å²) in [6.07, 6.45) is 5.30. The number of hydrogen-bond acceptors (Lipinski definition) is 4. The van der Waals surface area contributed by atoms with Gasteiger partial charge in [-0.3, -0.25) is 14.6 Å². The Morgan fingerprint density at radius 3 is 2.59 bits per heavy atom. The number of aryl methyl sites for hydroxylation is 2.